The van der Waals surface area contributed by atoms with Crippen molar-refractivity contribution in [2.24, 2.45) is 11.1 Å². The molecule has 1 aromatic heterocycles. The predicted molar refractivity (Wildman–Crippen MR) is 50.6 cm³/mol. The first-order valence-electron chi connectivity index (χ1n) is 4.17. The molecule has 2 N–H and O–H groups in total. The van der Waals surface area contributed by atoms with Gasteiger partial charge in [0, 0.05) is 18.4 Å². The molecule has 0 amide bonds. The Hall–Kier alpha value is -0.890. The summed E-state index contributed by atoms with van der Waals surface area (Å²) in [6.45, 7) is 6.39. The number of aromatic nitrogens is 1. The number of nitrogens with zero attached hydrogens (tertiary/aromatic N) is 1. The molecule has 0 unspecified atom stereocenters. The van der Waals surface area contributed by atoms with Crippen LogP contribution in [-0.2, 0) is 0 Å². The molecule has 0 aliphatic carbocycles. The Kier molecular flexibility index (Phi) is 2.48. The van der Waals surface area contributed by atoms with E-state index in [2.05, 4.69) is 25.8 Å². The van der Waals surface area contributed by atoms with Gasteiger partial charge in [0.25, 0.3) is 0 Å². The third-order valence-corrected chi connectivity index (χ3v) is 1.98. The maximum atomic E-state index is 6.03. The molecular formula is C10H16N2. The fraction of sp³-hybridized carbons (Fsp3) is 0.500. The summed E-state index contributed by atoms with van der Waals surface area (Å²) in [6, 6.07) is 4.00. The van der Waals surface area contributed by atoms with E-state index in [4.69, 9.17) is 5.73 Å². The summed E-state index contributed by atoms with van der Waals surface area (Å²) in [5.41, 5.74) is 7.23. The van der Waals surface area contributed by atoms with Crippen LogP contribution in [0, 0.1) is 5.41 Å². The molecule has 0 aromatic carbocycles. The highest BCUT2D eigenvalue weighted by molar-refractivity contribution is 5.15. The lowest BCUT2D eigenvalue weighted by molar-refractivity contribution is 0.326. The third kappa shape index (κ3) is 2.05. The minimum absolute atomic E-state index is 0.0613. The monoisotopic (exact) mass is 164 g/mol. The van der Waals surface area contributed by atoms with E-state index in [1.165, 1.54) is 0 Å². The zero-order valence-electron chi connectivity index (χ0n) is 7.91. The maximum Gasteiger partial charge on any atom is 0.0359 e. The molecule has 2 heteroatoms. The van der Waals surface area contributed by atoms with Gasteiger partial charge in [-0.25, -0.2) is 0 Å². The van der Waals surface area contributed by atoms with Gasteiger partial charge in [-0.2, -0.15) is 0 Å². The topological polar surface area (TPSA) is 38.9 Å². The molecule has 0 radical (unpaired) electrons. The highest BCUT2D eigenvalue weighted by Crippen LogP contribution is 2.29. The second-order valence-electron chi connectivity index (χ2n) is 4.13. The van der Waals surface area contributed by atoms with Crippen LogP contribution in [-0.4, -0.2) is 4.98 Å². The first-order chi connectivity index (χ1) is 5.52. The van der Waals surface area contributed by atoms with Crippen molar-refractivity contribution < 1.29 is 0 Å². The van der Waals surface area contributed by atoms with Crippen molar-refractivity contribution in [2.45, 2.75) is 26.8 Å². The van der Waals surface area contributed by atoms with Gasteiger partial charge in [-0.1, -0.05) is 26.8 Å². The van der Waals surface area contributed by atoms with Crippen molar-refractivity contribution in [1.29, 1.82) is 0 Å². The van der Waals surface area contributed by atoms with Gasteiger partial charge >= 0.3 is 0 Å². The molecule has 12 heavy (non-hydrogen) atoms. The quantitative estimate of drug-likeness (QED) is 0.690. The molecule has 0 spiro atoms. The van der Waals surface area contributed by atoms with Crippen LogP contribution in [0.4, 0.5) is 0 Å². The third-order valence-electron chi connectivity index (χ3n) is 1.98. The van der Waals surface area contributed by atoms with E-state index in [1.54, 1.807) is 6.20 Å². The summed E-state index contributed by atoms with van der Waals surface area (Å²) in [5, 5.41) is 0. The average molecular weight is 164 g/mol. The van der Waals surface area contributed by atoms with Crippen LogP contribution in [0.3, 0.4) is 0 Å². The van der Waals surface area contributed by atoms with Gasteiger partial charge in [-0.05, 0) is 17.0 Å². The summed E-state index contributed by atoms with van der Waals surface area (Å²) in [4.78, 5) is 4.04. The smallest absolute Gasteiger partial charge is 0.0359 e. The fourth-order valence-electron chi connectivity index (χ4n) is 1.06. The van der Waals surface area contributed by atoms with E-state index in [0.717, 1.165) is 5.56 Å². The molecule has 1 heterocycles. The number of pyridine rings is 1. The Morgan fingerprint density at radius 1 is 1.42 bits per heavy atom. The second-order valence-corrected chi connectivity index (χ2v) is 4.13. The van der Waals surface area contributed by atoms with E-state index in [0.29, 0.717) is 0 Å². The standard InChI is InChI=1S/C10H16N2/c1-10(2,3)9(11)8-5-4-6-12-7-8/h4-7,9H,11H2,1-3H3/t9-/m1/s1. The number of hydrogen-bond acceptors (Lipinski definition) is 2. The van der Waals surface area contributed by atoms with Crippen LogP contribution >= 0.6 is 0 Å². The van der Waals surface area contributed by atoms with Crippen LogP contribution in [0.25, 0.3) is 0 Å². The van der Waals surface area contributed by atoms with Crippen molar-refractivity contribution in [3.05, 3.63) is 30.1 Å². The molecule has 66 valence electrons. The minimum atomic E-state index is 0.0613. The largest absolute Gasteiger partial charge is 0.323 e. The number of nitrogens with two attached hydrogens (primary N) is 1. The molecule has 1 aromatic rings. The van der Waals surface area contributed by atoms with Crippen LogP contribution in [0.5, 0.6) is 0 Å². The minimum Gasteiger partial charge on any atom is -0.323 e. The zero-order valence-corrected chi connectivity index (χ0v) is 7.91. The number of hydrogen-bond donors (Lipinski definition) is 1. The van der Waals surface area contributed by atoms with Crippen molar-refractivity contribution in [2.75, 3.05) is 0 Å². The van der Waals surface area contributed by atoms with E-state index in [-0.39, 0.29) is 11.5 Å². The molecule has 1 rings (SSSR count). The first-order valence-corrected chi connectivity index (χ1v) is 4.17. The van der Waals surface area contributed by atoms with Gasteiger partial charge < -0.3 is 5.73 Å². The lowest BCUT2D eigenvalue weighted by Crippen LogP contribution is -2.26. The second kappa shape index (κ2) is 3.23. The van der Waals surface area contributed by atoms with Crippen LogP contribution < -0.4 is 5.73 Å². The van der Waals surface area contributed by atoms with Crippen molar-refractivity contribution in [3.63, 3.8) is 0 Å². The number of rotatable bonds is 1. The Morgan fingerprint density at radius 3 is 2.50 bits per heavy atom. The molecular weight excluding hydrogens is 148 g/mol. The molecule has 0 bridgehead atoms. The van der Waals surface area contributed by atoms with E-state index < -0.39 is 0 Å². The van der Waals surface area contributed by atoms with Gasteiger partial charge in [0.05, 0.1) is 0 Å². The van der Waals surface area contributed by atoms with E-state index in [1.807, 2.05) is 18.3 Å². The summed E-state index contributed by atoms with van der Waals surface area (Å²) < 4.78 is 0. The average Bonchev–Trinajstić information content (AvgIpc) is 2.03. The molecule has 1 atom stereocenters. The molecule has 2 nitrogen and oxygen atoms in total. The van der Waals surface area contributed by atoms with Gasteiger partial charge in [0.2, 0.25) is 0 Å². The Bertz CT molecular complexity index is 236. The molecule has 0 saturated carbocycles. The molecule has 0 fully saturated rings. The molecule has 0 aliphatic rings. The lowest BCUT2D eigenvalue weighted by atomic mass is 9.84. The van der Waals surface area contributed by atoms with Gasteiger partial charge in [0.1, 0.15) is 0 Å². The Labute approximate surface area is 73.8 Å². The van der Waals surface area contributed by atoms with Gasteiger partial charge in [-0.3, -0.25) is 4.98 Å². The van der Waals surface area contributed by atoms with Crippen LogP contribution in [0.1, 0.15) is 32.4 Å². The normalized spacial score (nSPS) is 14.3. The van der Waals surface area contributed by atoms with Gasteiger partial charge in [0.15, 0.2) is 0 Å². The van der Waals surface area contributed by atoms with E-state index in [9.17, 15) is 0 Å². The van der Waals surface area contributed by atoms with Crippen molar-refractivity contribution in [1.82, 2.24) is 4.98 Å². The van der Waals surface area contributed by atoms with E-state index >= 15 is 0 Å². The first kappa shape index (κ1) is 9.20. The molecule has 0 aliphatic heterocycles. The fourth-order valence-corrected chi connectivity index (χ4v) is 1.06. The maximum absolute atomic E-state index is 6.03. The Balaban J connectivity index is 2.86. The van der Waals surface area contributed by atoms with Crippen molar-refractivity contribution in [3.8, 4) is 0 Å². The van der Waals surface area contributed by atoms with Gasteiger partial charge in [-0.15, -0.1) is 0 Å². The van der Waals surface area contributed by atoms with Crippen LogP contribution in [0.2, 0.25) is 0 Å². The molecule has 0 saturated heterocycles. The van der Waals surface area contributed by atoms with Crippen molar-refractivity contribution >= 4 is 0 Å². The highest BCUT2D eigenvalue weighted by atomic mass is 14.7. The SMILES string of the molecule is CC(C)(C)[C@H](N)c1cccnc1. The van der Waals surface area contributed by atoms with Crippen LogP contribution in [0.15, 0.2) is 24.5 Å². The summed E-state index contributed by atoms with van der Waals surface area (Å²) in [6.07, 6.45) is 3.59. The highest BCUT2D eigenvalue weighted by Gasteiger charge is 2.21. The predicted octanol–water partition coefficient (Wildman–Crippen LogP) is 2.13. The Morgan fingerprint density at radius 2 is 2.08 bits per heavy atom. The summed E-state index contributed by atoms with van der Waals surface area (Å²) in [7, 11) is 0. The summed E-state index contributed by atoms with van der Waals surface area (Å²) >= 11 is 0. The summed E-state index contributed by atoms with van der Waals surface area (Å²) in [5.74, 6) is 0. The zero-order chi connectivity index (χ0) is 9.19. The lowest BCUT2D eigenvalue weighted by Gasteiger charge is -2.26.